The minimum Gasteiger partial charge on any atom is -0.334 e. The molecule has 2 amide bonds. The van der Waals surface area contributed by atoms with Crippen molar-refractivity contribution in [2.45, 2.75) is 25.4 Å². The molecular weight excluding hydrogens is 348 g/mol. The van der Waals surface area contributed by atoms with Gasteiger partial charge in [0.05, 0.1) is 11.7 Å². The first-order valence-corrected chi connectivity index (χ1v) is 8.99. The summed E-state index contributed by atoms with van der Waals surface area (Å²) in [6, 6.07) is 15.5. The average molecular weight is 367 g/mol. The van der Waals surface area contributed by atoms with Gasteiger partial charge in [0.25, 0.3) is 0 Å². The monoisotopic (exact) mass is 366 g/mol. The number of nitrogens with zero attached hydrogens (tertiary/aromatic N) is 2. The van der Waals surface area contributed by atoms with Gasteiger partial charge in [-0.3, -0.25) is 0 Å². The zero-order chi connectivity index (χ0) is 17.9. The maximum atomic E-state index is 12.3. The molecule has 26 heavy (non-hydrogen) atoms. The van der Waals surface area contributed by atoms with Crippen molar-refractivity contribution in [1.82, 2.24) is 20.4 Å². The number of hydrogen-bond donors (Lipinski definition) is 2. The number of hydrogen-bond acceptors (Lipinski definition) is 2. The summed E-state index contributed by atoms with van der Waals surface area (Å²) in [6.45, 7) is 0.454. The van der Waals surface area contributed by atoms with E-state index in [2.05, 4.69) is 15.7 Å². The van der Waals surface area contributed by atoms with Crippen molar-refractivity contribution in [3.05, 3.63) is 82.6 Å². The van der Waals surface area contributed by atoms with E-state index in [1.165, 1.54) is 0 Å². The highest BCUT2D eigenvalue weighted by molar-refractivity contribution is 6.31. The summed E-state index contributed by atoms with van der Waals surface area (Å²) in [4.78, 5) is 12.3. The Bertz CT molecular complexity index is 923. The molecule has 0 radical (unpaired) electrons. The van der Waals surface area contributed by atoms with Gasteiger partial charge in [0.1, 0.15) is 0 Å². The summed E-state index contributed by atoms with van der Waals surface area (Å²) in [5, 5.41) is 11.0. The molecule has 0 saturated carbocycles. The number of urea groups is 1. The SMILES string of the molecule is O=C(NCc1cccc(-n2cccn2)c1)NC1CCc2c(Cl)cccc21. The van der Waals surface area contributed by atoms with E-state index < -0.39 is 0 Å². The number of carbonyl (C=O) groups excluding carboxylic acids is 1. The lowest BCUT2D eigenvalue weighted by Crippen LogP contribution is -2.36. The van der Waals surface area contributed by atoms with Crippen LogP contribution in [0.5, 0.6) is 0 Å². The Morgan fingerprint density at radius 2 is 2.12 bits per heavy atom. The molecule has 1 aromatic heterocycles. The number of nitrogens with one attached hydrogen (secondary N) is 2. The maximum Gasteiger partial charge on any atom is 0.315 e. The van der Waals surface area contributed by atoms with E-state index in [0.717, 1.165) is 40.2 Å². The number of fused-ring (bicyclic) bond motifs is 1. The highest BCUT2D eigenvalue weighted by Crippen LogP contribution is 2.35. The smallest absolute Gasteiger partial charge is 0.315 e. The van der Waals surface area contributed by atoms with Crippen LogP contribution in [0.25, 0.3) is 5.69 Å². The highest BCUT2D eigenvalue weighted by atomic mass is 35.5. The van der Waals surface area contributed by atoms with Crippen molar-refractivity contribution in [3.63, 3.8) is 0 Å². The number of aromatic nitrogens is 2. The Morgan fingerprint density at radius 3 is 2.96 bits per heavy atom. The lowest BCUT2D eigenvalue weighted by atomic mass is 10.1. The summed E-state index contributed by atoms with van der Waals surface area (Å²) in [6.07, 6.45) is 5.40. The molecule has 132 valence electrons. The van der Waals surface area contributed by atoms with Gasteiger partial charge in [0, 0.05) is 24.0 Å². The first-order valence-electron chi connectivity index (χ1n) is 8.61. The van der Waals surface area contributed by atoms with Gasteiger partial charge in [-0.05, 0) is 53.8 Å². The molecule has 0 bridgehead atoms. The third-order valence-corrected chi connectivity index (χ3v) is 5.01. The van der Waals surface area contributed by atoms with E-state index in [4.69, 9.17) is 11.6 Å². The topological polar surface area (TPSA) is 59.0 Å². The van der Waals surface area contributed by atoms with E-state index in [9.17, 15) is 4.79 Å². The number of benzene rings is 2. The van der Waals surface area contributed by atoms with Crippen LogP contribution in [0.3, 0.4) is 0 Å². The van der Waals surface area contributed by atoms with Crippen molar-refractivity contribution in [1.29, 1.82) is 0 Å². The molecule has 6 heteroatoms. The standard InChI is InChI=1S/C20H19ClN4O/c21-18-7-2-6-17-16(18)8-9-19(17)24-20(26)22-13-14-4-1-5-15(12-14)25-11-3-10-23-25/h1-7,10-12,19H,8-9,13H2,(H2,22,24,26). The molecule has 2 N–H and O–H groups in total. The summed E-state index contributed by atoms with van der Waals surface area (Å²) < 4.78 is 1.79. The largest absolute Gasteiger partial charge is 0.334 e. The van der Waals surface area contributed by atoms with Crippen molar-refractivity contribution in [3.8, 4) is 5.69 Å². The molecule has 1 atom stereocenters. The third kappa shape index (κ3) is 3.44. The maximum absolute atomic E-state index is 12.3. The first kappa shape index (κ1) is 16.7. The molecule has 2 aromatic carbocycles. The lowest BCUT2D eigenvalue weighted by Gasteiger charge is -2.15. The molecule has 1 aliphatic carbocycles. The Hall–Kier alpha value is -2.79. The van der Waals surface area contributed by atoms with Crippen molar-refractivity contribution in [2.24, 2.45) is 0 Å². The molecule has 0 aliphatic heterocycles. The van der Waals surface area contributed by atoms with Gasteiger partial charge >= 0.3 is 6.03 Å². The summed E-state index contributed by atoms with van der Waals surface area (Å²) in [5.74, 6) is 0. The van der Waals surface area contributed by atoms with Crippen LogP contribution < -0.4 is 10.6 Å². The van der Waals surface area contributed by atoms with Gasteiger partial charge < -0.3 is 10.6 Å². The fraction of sp³-hybridized carbons (Fsp3) is 0.200. The van der Waals surface area contributed by atoms with Gasteiger partial charge in [0.2, 0.25) is 0 Å². The first-order chi connectivity index (χ1) is 12.7. The zero-order valence-corrected chi connectivity index (χ0v) is 14.9. The normalized spacial score (nSPS) is 15.5. The molecular formula is C20H19ClN4O. The quantitative estimate of drug-likeness (QED) is 0.732. The molecule has 0 fully saturated rings. The van der Waals surface area contributed by atoms with Gasteiger partial charge in [0.15, 0.2) is 0 Å². The van der Waals surface area contributed by atoms with E-state index in [0.29, 0.717) is 6.54 Å². The van der Waals surface area contributed by atoms with Gasteiger partial charge in [-0.15, -0.1) is 0 Å². The van der Waals surface area contributed by atoms with Crippen LogP contribution in [0, 0.1) is 0 Å². The molecule has 1 heterocycles. The number of carbonyl (C=O) groups is 1. The second kappa shape index (κ2) is 7.22. The molecule has 0 spiro atoms. The molecule has 1 unspecified atom stereocenters. The Balaban J connectivity index is 1.37. The average Bonchev–Trinajstić information content (AvgIpc) is 3.32. The summed E-state index contributed by atoms with van der Waals surface area (Å²) >= 11 is 6.23. The minimum atomic E-state index is -0.174. The molecule has 1 aliphatic rings. The summed E-state index contributed by atoms with van der Waals surface area (Å²) in [5.41, 5.74) is 4.25. The molecule has 4 rings (SSSR count). The molecule has 3 aromatic rings. The highest BCUT2D eigenvalue weighted by Gasteiger charge is 2.25. The van der Waals surface area contributed by atoms with Crippen LogP contribution in [0.15, 0.2) is 60.9 Å². The van der Waals surface area contributed by atoms with E-state index >= 15 is 0 Å². The van der Waals surface area contributed by atoms with Crippen LogP contribution in [0.1, 0.15) is 29.2 Å². The fourth-order valence-corrected chi connectivity index (χ4v) is 3.66. The van der Waals surface area contributed by atoms with Gasteiger partial charge in [-0.1, -0.05) is 35.9 Å². The second-order valence-corrected chi connectivity index (χ2v) is 6.75. The molecule has 5 nitrogen and oxygen atoms in total. The molecule has 0 saturated heterocycles. The lowest BCUT2D eigenvalue weighted by molar-refractivity contribution is 0.236. The number of halogens is 1. The predicted octanol–water partition coefficient (Wildman–Crippen LogP) is 4.01. The van der Waals surface area contributed by atoms with Gasteiger partial charge in [-0.25, -0.2) is 9.48 Å². The number of rotatable bonds is 4. The predicted molar refractivity (Wildman–Crippen MR) is 101 cm³/mol. The fourth-order valence-electron chi connectivity index (χ4n) is 3.38. The second-order valence-electron chi connectivity index (χ2n) is 6.35. The Morgan fingerprint density at radius 1 is 1.23 bits per heavy atom. The van der Waals surface area contributed by atoms with Crippen LogP contribution in [0.2, 0.25) is 5.02 Å². The van der Waals surface area contributed by atoms with E-state index in [1.54, 1.807) is 10.9 Å². The Kier molecular flexibility index (Phi) is 4.63. The van der Waals surface area contributed by atoms with Gasteiger partial charge in [-0.2, -0.15) is 5.10 Å². The minimum absolute atomic E-state index is 0.0131. The van der Waals surface area contributed by atoms with Crippen LogP contribution in [-0.4, -0.2) is 15.8 Å². The van der Waals surface area contributed by atoms with Crippen molar-refractivity contribution in [2.75, 3.05) is 0 Å². The van der Waals surface area contributed by atoms with Crippen LogP contribution >= 0.6 is 11.6 Å². The zero-order valence-electron chi connectivity index (χ0n) is 14.2. The number of amides is 2. The Labute approximate surface area is 157 Å². The summed E-state index contributed by atoms with van der Waals surface area (Å²) in [7, 11) is 0. The van der Waals surface area contributed by atoms with E-state index in [1.807, 2.05) is 54.7 Å². The third-order valence-electron chi connectivity index (χ3n) is 4.65. The van der Waals surface area contributed by atoms with Crippen LogP contribution in [-0.2, 0) is 13.0 Å². The van der Waals surface area contributed by atoms with Crippen LogP contribution in [0.4, 0.5) is 4.79 Å². The van der Waals surface area contributed by atoms with Crippen molar-refractivity contribution < 1.29 is 4.79 Å². The van der Waals surface area contributed by atoms with E-state index in [-0.39, 0.29) is 12.1 Å². The van der Waals surface area contributed by atoms with Crippen molar-refractivity contribution >= 4 is 17.6 Å².